The molecule has 2 aromatic carbocycles. The minimum atomic E-state index is -4.60. The molecule has 1 amide bonds. The molecule has 0 radical (unpaired) electrons. The fourth-order valence-electron chi connectivity index (χ4n) is 2.72. The van der Waals surface area contributed by atoms with Crippen LogP contribution in [0.5, 0.6) is 11.5 Å². The number of ether oxygens (including phenoxy) is 4. The van der Waals surface area contributed by atoms with Crippen molar-refractivity contribution in [3.05, 3.63) is 53.6 Å². The second-order valence-corrected chi connectivity index (χ2v) is 6.57. The predicted molar refractivity (Wildman–Crippen MR) is 110 cm³/mol. The first-order valence-electron chi connectivity index (χ1n) is 9.65. The number of rotatable bonds is 11. The second kappa shape index (κ2) is 11.9. The van der Waals surface area contributed by atoms with Crippen molar-refractivity contribution in [2.75, 3.05) is 39.4 Å². The molecule has 0 saturated carbocycles. The largest absolute Gasteiger partial charge is 0.496 e. The Labute approximate surface area is 183 Å². The lowest BCUT2D eigenvalue weighted by atomic mass is 10.1. The molecule has 1 N–H and O–H groups in total. The Morgan fingerprint density at radius 1 is 1.00 bits per heavy atom. The van der Waals surface area contributed by atoms with Gasteiger partial charge in [-0.2, -0.15) is 13.2 Å². The van der Waals surface area contributed by atoms with E-state index >= 15 is 0 Å². The fraction of sp³-hybridized carbons (Fsp3) is 0.364. The molecule has 0 spiro atoms. The second-order valence-electron chi connectivity index (χ2n) is 6.57. The molecule has 2 rings (SSSR count). The van der Waals surface area contributed by atoms with Gasteiger partial charge in [-0.15, -0.1) is 0 Å². The van der Waals surface area contributed by atoms with Gasteiger partial charge in [-0.3, -0.25) is 9.59 Å². The summed E-state index contributed by atoms with van der Waals surface area (Å²) in [4.78, 5) is 24.1. The van der Waals surface area contributed by atoms with Crippen LogP contribution in [0.2, 0.25) is 0 Å². The molecular formula is C22H24F3NO6. The van der Waals surface area contributed by atoms with Crippen molar-refractivity contribution in [2.24, 2.45) is 0 Å². The number of carbonyl (C=O) groups is 2. The van der Waals surface area contributed by atoms with Crippen molar-refractivity contribution in [1.82, 2.24) is 0 Å². The molecule has 0 aliphatic rings. The average Bonchev–Trinajstić information content (AvgIpc) is 2.76. The number of hydrogen-bond acceptors (Lipinski definition) is 6. The molecule has 7 nitrogen and oxygen atoms in total. The number of aryl methyl sites for hydroxylation is 1. The summed E-state index contributed by atoms with van der Waals surface area (Å²) in [6.45, 7) is -0.376. The summed E-state index contributed by atoms with van der Waals surface area (Å²) in [6, 6.07) is 9.86. The first-order valence-corrected chi connectivity index (χ1v) is 9.65. The van der Waals surface area contributed by atoms with E-state index in [0.717, 1.165) is 23.8 Å². The van der Waals surface area contributed by atoms with Crippen LogP contribution < -0.4 is 14.8 Å². The lowest BCUT2D eigenvalue weighted by Crippen LogP contribution is -2.22. The monoisotopic (exact) mass is 455 g/mol. The highest BCUT2D eigenvalue weighted by Gasteiger charge is 2.31. The molecule has 32 heavy (non-hydrogen) atoms. The maximum Gasteiger partial charge on any atom is 0.416 e. The van der Waals surface area contributed by atoms with Crippen molar-refractivity contribution in [3.63, 3.8) is 0 Å². The Balaban J connectivity index is 1.94. The topological polar surface area (TPSA) is 83.1 Å². The number of methoxy groups -OCH3 is 2. The first kappa shape index (κ1) is 25.0. The highest BCUT2D eigenvalue weighted by molar-refractivity contribution is 5.94. The zero-order valence-corrected chi connectivity index (χ0v) is 17.7. The number of para-hydroxylation sites is 1. The summed E-state index contributed by atoms with van der Waals surface area (Å²) in [7, 11) is 2.96. The summed E-state index contributed by atoms with van der Waals surface area (Å²) in [5, 5.41) is 2.30. The highest BCUT2D eigenvalue weighted by Crippen LogP contribution is 2.35. The van der Waals surface area contributed by atoms with Crippen molar-refractivity contribution in [1.29, 1.82) is 0 Å². The summed E-state index contributed by atoms with van der Waals surface area (Å²) in [5.74, 6) is -0.771. The van der Waals surface area contributed by atoms with E-state index in [1.165, 1.54) is 14.2 Å². The van der Waals surface area contributed by atoms with Crippen molar-refractivity contribution in [3.8, 4) is 11.5 Å². The van der Waals surface area contributed by atoms with E-state index in [4.69, 9.17) is 18.9 Å². The van der Waals surface area contributed by atoms with E-state index in [1.807, 2.05) is 0 Å². The number of amides is 1. The van der Waals surface area contributed by atoms with Gasteiger partial charge in [0, 0.05) is 13.5 Å². The Morgan fingerprint density at radius 3 is 2.44 bits per heavy atom. The van der Waals surface area contributed by atoms with E-state index in [0.29, 0.717) is 12.2 Å². The van der Waals surface area contributed by atoms with Gasteiger partial charge in [-0.25, -0.2) is 0 Å². The molecule has 174 valence electrons. The van der Waals surface area contributed by atoms with E-state index < -0.39 is 30.2 Å². The number of esters is 1. The Kier molecular flexibility index (Phi) is 9.33. The van der Waals surface area contributed by atoms with E-state index in [-0.39, 0.29) is 31.1 Å². The first-order chi connectivity index (χ1) is 15.2. The summed E-state index contributed by atoms with van der Waals surface area (Å²) >= 11 is 0. The van der Waals surface area contributed by atoms with Gasteiger partial charge in [0.05, 0.1) is 25.0 Å². The van der Waals surface area contributed by atoms with Gasteiger partial charge < -0.3 is 24.3 Å². The maximum absolute atomic E-state index is 13.0. The van der Waals surface area contributed by atoms with Gasteiger partial charge in [0.15, 0.2) is 6.61 Å². The SMILES string of the molecule is COCCOc1ccc(C(F)(F)F)cc1NC(=O)COC(=O)CCc1ccccc1OC. The number of carbonyl (C=O) groups excluding carboxylic acids is 2. The van der Waals surface area contributed by atoms with Crippen LogP contribution in [-0.4, -0.2) is 45.9 Å². The van der Waals surface area contributed by atoms with Crippen LogP contribution in [0.25, 0.3) is 0 Å². The lowest BCUT2D eigenvalue weighted by Gasteiger charge is -2.15. The molecule has 0 bridgehead atoms. The quantitative estimate of drug-likeness (QED) is 0.409. The van der Waals surface area contributed by atoms with Gasteiger partial charge in [0.25, 0.3) is 5.91 Å². The molecule has 10 heteroatoms. The lowest BCUT2D eigenvalue weighted by molar-refractivity contribution is -0.147. The van der Waals surface area contributed by atoms with Gasteiger partial charge >= 0.3 is 12.1 Å². The fourth-order valence-corrected chi connectivity index (χ4v) is 2.72. The van der Waals surface area contributed by atoms with Gasteiger partial charge in [-0.1, -0.05) is 18.2 Å². The van der Waals surface area contributed by atoms with Crippen molar-refractivity contribution >= 4 is 17.6 Å². The maximum atomic E-state index is 13.0. The molecule has 0 heterocycles. The molecule has 0 saturated heterocycles. The van der Waals surface area contributed by atoms with Gasteiger partial charge in [0.2, 0.25) is 0 Å². The zero-order valence-electron chi connectivity index (χ0n) is 17.7. The van der Waals surface area contributed by atoms with Gasteiger partial charge in [-0.05, 0) is 36.2 Å². The van der Waals surface area contributed by atoms with Crippen LogP contribution in [-0.2, 0) is 31.7 Å². The number of hydrogen-bond donors (Lipinski definition) is 1. The normalized spacial score (nSPS) is 11.0. The van der Waals surface area contributed by atoms with Crippen LogP contribution in [0.15, 0.2) is 42.5 Å². The molecule has 0 fully saturated rings. The van der Waals surface area contributed by atoms with E-state index in [1.54, 1.807) is 24.3 Å². The number of nitrogens with one attached hydrogen (secondary N) is 1. The summed E-state index contributed by atoms with van der Waals surface area (Å²) in [6.07, 6.45) is -4.26. The van der Waals surface area contributed by atoms with Crippen LogP contribution in [0.3, 0.4) is 0 Å². The molecule has 2 aromatic rings. The van der Waals surface area contributed by atoms with Crippen LogP contribution in [0, 0.1) is 0 Å². The zero-order chi connectivity index (χ0) is 23.6. The van der Waals surface area contributed by atoms with Crippen LogP contribution in [0.4, 0.5) is 18.9 Å². The molecule has 0 aliphatic heterocycles. The molecule has 0 aliphatic carbocycles. The smallest absolute Gasteiger partial charge is 0.416 e. The van der Waals surface area contributed by atoms with Gasteiger partial charge in [0.1, 0.15) is 18.1 Å². The standard InChI is InChI=1S/C22H24F3NO6/c1-29-11-12-31-19-9-8-16(22(23,24)25)13-17(19)26-20(27)14-32-21(28)10-7-15-5-3-4-6-18(15)30-2/h3-6,8-9,13H,7,10-12,14H2,1-2H3,(H,26,27). The van der Waals surface area contributed by atoms with E-state index in [9.17, 15) is 22.8 Å². The third-order valence-electron chi connectivity index (χ3n) is 4.28. The molecule has 0 atom stereocenters. The molecule has 0 unspecified atom stereocenters. The number of halogens is 3. The Hall–Kier alpha value is -3.27. The molecule has 0 aromatic heterocycles. The number of benzene rings is 2. The number of anilines is 1. The van der Waals surface area contributed by atoms with Crippen LogP contribution in [0.1, 0.15) is 17.5 Å². The summed E-state index contributed by atoms with van der Waals surface area (Å²) in [5.41, 5.74) is -0.343. The number of alkyl halides is 3. The minimum absolute atomic E-state index is 0.00257. The Bertz CT molecular complexity index is 917. The Morgan fingerprint density at radius 2 is 1.75 bits per heavy atom. The molecular weight excluding hydrogens is 431 g/mol. The average molecular weight is 455 g/mol. The highest BCUT2D eigenvalue weighted by atomic mass is 19.4. The van der Waals surface area contributed by atoms with Crippen LogP contribution >= 0.6 is 0 Å². The van der Waals surface area contributed by atoms with E-state index in [2.05, 4.69) is 5.32 Å². The predicted octanol–water partition coefficient (Wildman–Crippen LogP) is 3.85. The summed E-state index contributed by atoms with van der Waals surface area (Å²) < 4.78 is 59.4. The minimum Gasteiger partial charge on any atom is -0.496 e. The van der Waals surface area contributed by atoms with Crippen molar-refractivity contribution < 1.29 is 41.7 Å². The third-order valence-corrected chi connectivity index (χ3v) is 4.28. The van der Waals surface area contributed by atoms with Crippen molar-refractivity contribution in [2.45, 2.75) is 19.0 Å². The third kappa shape index (κ3) is 7.77.